The van der Waals surface area contributed by atoms with Crippen LogP contribution in [-0.2, 0) is 6.42 Å². The first kappa shape index (κ1) is 24.4. The molecule has 0 radical (unpaired) electrons. The van der Waals surface area contributed by atoms with E-state index in [0.717, 1.165) is 67.1 Å². The van der Waals surface area contributed by atoms with Gasteiger partial charge in [0.2, 0.25) is 0 Å². The minimum atomic E-state index is -1.18. The molecule has 0 aliphatic carbocycles. The second-order valence-corrected chi connectivity index (χ2v) is 9.29. The van der Waals surface area contributed by atoms with Gasteiger partial charge in [0.15, 0.2) is 0 Å². The van der Waals surface area contributed by atoms with Crippen LogP contribution in [0.1, 0.15) is 24.5 Å². The number of hydrogen-bond acceptors (Lipinski definition) is 6. The molecule has 5 rings (SSSR count). The van der Waals surface area contributed by atoms with Crippen LogP contribution in [-0.4, -0.2) is 60.4 Å². The number of carbonyl (C=O) groups is 1. The van der Waals surface area contributed by atoms with Crippen molar-refractivity contribution < 1.29 is 14.3 Å². The van der Waals surface area contributed by atoms with E-state index >= 15 is 0 Å². The maximum absolute atomic E-state index is 12.3. The maximum atomic E-state index is 12.3. The van der Waals surface area contributed by atoms with Gasteiger partial charge in [-0.15, -0.1) is 0 Å². The fourth-order valence-corrected chi connectivity index (χ4v) is 5.05. The average Bonchev–Trinajstić information content (AvgIpc) is 3.32. The number of nitrogens with one attached hydrogen (secondary N) is 1. The molecule has 2 aromatic heterocycles. The molecule has 3 heterocycles. The lowest BCUT2D eigenvalue weighted by Crippen LogP contribution is -2.46. The molecule has 0 saturated carbocycles. The molecule has 37 heavy (non-hydrogen) atoms. The summed E-state index contributed by atoms with van der Waals surface area (Å²) in [5.41, 5.74) is 3.77. The van der Waals surface area contributed by atoms with Crippen molar-refractivity contribution in [3.63, 3.8) is 0 Å². The summed E-state index contributed by atoms with van der Waals surface area (Å²) in [6, 6.07) is 15.8. The van der Waals surface area contributed by atoms with Crippen LogP contribution in [0.25, 0.3) is 21.9 Å². The number of nitriles is 1. The van der Waals surface area contributed by atoms with Crippen LogP contribution in [0.2, 0.25) is 0 Å². The topological polar surface area (TPSA) is 117 Å². The lowest BCUT2D eigenvalue weighted by Gasteiger charge is -2.36. The van der Waals surface area contributed by atoms with Gasteiger partial charge in [-0.05, 0) is 68.3 Å². The van der Waals surface area contributed by atoms with Gasteiger partial charge in [-0.3, -0.25) is 9.80 Å². The zero-order valence-corrected chi connectivity index (χ0v) is 20.7. The number of hydrogen-bond donors (Lipinski definition) is 2. The number of nitrogens with zero attached hydrogens (tertiary/aromatic N) is 4. The van der Waals surface area contributed by atoms with Crippen molar-refractivity contribution in [2.24, 2.45) is 0 Å². The van der Waals surface area contributed by atoms with Gasteiger partial charge in [0.25, 0.3) is 0 Å². The van der Waals surface area contributed by atoms with Gasteiger partial charge in [0.1, 0.15) is 17.3 Å². The van der Waals surface area contributed by atoms with Gasteiger partial charge in [0.05, 0.1) is 5.56 Å². The summed E-state index contributed by atoms with van der Waals surface area (Å²) in [6.07, 6.45) is 2.59. The Balaban J connectivity index is 1.19. The molecule has 2 aromatic carbocycles. The molecule has 9 heteroatoms. The Morgan fingerprint density at radius 1 is 1.16 bits per heavy atom. The van der Waals surface area contributed by atoms with E-state index < -0.39 is 11.7 Å². The monoisotopic (exact) mass is 499 g/mol. The highest BCUT2D eigenvalue weighted by molar-refractivity contribution is 5.90. The zero-order chi connectivity index (χ0) is 25.9. The Morgan fingerprint density at radius 3 is 2.70 bits per heavy atom. The molecule has 1 fully saturated rings. The number of anilines is 2. The van der Waals surface area contributed by atoms with E-state index in [1.165, 1.54) is 5.56 Å². The predicted octanol–water partition coefficient (Wildman–Crippen LogP) is 4.41. The van der Waals surface area contributed by atoms with E-state index in [9.17, 15) is 20.0 Å². The Bertz CT molecular complexity index is 1540. The maximum Gasteiger partial charge on any atom is 0.412 e. The van der Waals surface area contributed by atoms with E-state index in [4.69, 9.17) is 4.42 Å². The second kappa shape index (κ2) is 10.4. The fourth-order valence-electron chi connectivity index (χ4n) is 5.05. The summed E-state index contributed by atoms with van der Waals surface area (Å²) >= 11 is 0. The third kappa shape index (κ3) is 5.01. The second-order valence-electron chi connectivity index (χ2n) is 9.29. The average molecular weight is 500 g/mol. The van der Waals surface area contributed by atoms with Crippen molar-refractivity contribution in [3.05, 3.63) is 70.2 Å². The molecule has 190 valence electrons. The van der Waals surface area contributed by atoms with Crippen LogP contribution in [0, 0.1) is 11.3 Å². The third-order valence-electron chi connectivity index (χ3n) is 7.08. The van der Waals surface area contributed by atoms with E-state index in [2.05, 4.69) is 33.0 Å². The van der Waals surface area contributed by atoms with E-state index in [1.807, 2.05) is 18.2 Å². The molecule has 1 amide bonds. The smallest absolute Gasteiger partial charge is 0.412 e. The first-order valence-electron chi connectivity index (χ1n) is 12.5. The Morgan fingerprint density at radius 2 is 1.97 bits per heavy atom. The molecule has 1 saturated heterocycles. The van der Waals surface area contributed by atoms with Crippen molar-refractivity contribution in [2.45, 2.75) is 19.8 Å². The molecule has 9 nitrogen and oxygen atoms in total. The molecule has 2 N–H and O–H groups in total. The van der Waals surface area contributed by atoms with Crippen LogP contribution in [0.4, 0.5) is 16.2 Å². The van der Waals surface area contributed by atoms with Gasteiger partial charge >= 0.3 is 11.7 Å². The van der Waals surface area contributed by atoms with Crippen LogP contribution in [0.15, 0.2) is 57.9 Å². The third-order valence-corrected chi connectivity index (χ3v) is 7.08. The fraction of sp³-hybridized carbons (Fsp3) is 0.321. The van der Waals surface area contributed by atoms with Crippen molar-refractivity contribution in [3.8, 4) is 6.07 Å². The van der Waals surface area contributed by atoms with Gasteiger partial charge in [-0.1, -0.05) is 6.07 Å². The summed E-state index contributed by atoms with van der Waals surface area (Å²) in [5.74, 6) is 0. The quantitative estimate of drug-likeness (QED) is 0.362. The number of aromatic nitrogens is 1. The molecule has 1 aliphatic heterocycles. The normalized spacial score (nSPS) is 14.2. The molecule has 0 bridgehead atoms. The zero-order valence-electron chi connectivity index (χ0n) is 20.7. The van der Waals surface area contributed by atoms with Crippen LogP contribution in [0.5, 0.6) is 0 Å². The van der Waals surface area contributed by atoms with Gasteiger partial charge in [0, 0.05) is 60.9 Å². The molecule has 1 aliphatic rings. The number of aromatic amines is 1. The number of fused-ring (bicyclic) bond motifs is 2. The first-order chi connectivity index (χ1) is 18.0. The lowest BCUT2D eigenvalue weighted by molar-refractivity contribution is 0.202. The SMILES string of the molecule is CCN(C(=O)O)c1cc2cc(N3CCN(CCCc4ccc5[nH]cc(C#N)c5c4)CC3)ccc2oc1=O. The standard InChI is InChI=1S/C28H29N5O4/c1-2-33(28(35)36)25-16-20-15-22(6-8-26(20)37-27(25)34)32-12-10-31(11-13-32)9-3-4-19-5-7-24-23(14-19)21(17-29)18-30-24/h5-8,14-16,18,30H,2-4,9-13H2,1H3,(H,35,36). The van der Waals surface area contributed by atoms with E-state index in [1.54, 1.807) is 25.3 Å². The van der Waals surface area contributed by atoms with Crippen molar-refractivity contribution in [2.75, 3.05) is 49.1 Å². The Hall–Kier alpha value is -4.29. The van der Waals surface area contributed by atoms with Crippen LogP contribution in [0.3, 0.4) is 0 Å². The minimum Gasteiger partial charge on any atom is -0.465 e. The van der Waals surface area contributed by atoms with Crippen LogP contribution >= 0.6 is 0 Å². The number of aryl methyl sites for hydroxylation is 1. The summed E-state index contributed by atoms with van der Waals surface area (Å²) in [6.45, 7) is 6.51. The molecule has 0 spiro atoms. The molecule has 4 aromatic rings. The Kier molecular flexibility index (Phi) is 6.84. The number of benzene rings is 2. The number of piperazine rings is 1. The van der Waals surface area contributed by atoms with Gasteiger partial charge in [-0.25, -0.2) is 9.59 Å². The number of carboxylic acid groups (broad SMARTS) is 1. The predicted molar refractivity (Wildman–Crippen MR) is 144 cm³/mol. The molecule has 0 unspecified atom stereocenters. The number of rotatable bonds is 7. The van der Waals surface area contributed by atoms with E-state index in [0.29, 0.717) is 16.5 Å². The van der Waals surface area contributed by atoms with E-state index in [-0.39, 0.29) is 12.2 Å². The summed E-state index contributed by atoms with van der Waals surface area (Å²) < 4.78 is 5.39. The van der Waals surface area contributed by atoms with Gasteiger partial charge in [-0.2, -0.15) is 5.26 Å². The van der Waals surface area contributed by atoms with Crippen LogP contribution < -0.4 is 15.4 Å². The highest BCUT2D eigenvalue weighted by atomic mass is 16.4. The highest BCUT2D eigenvalue weighted by Gasteiger charge is 2.20. The Labute approximate surface area is 214 Å². The summed E-state index contributed by atoms with van der Waals surface area (Å²) in [7, 11) is 0. The molecular formula is C28H29N5O4. The number of amides is 1. The molecule has 0 atom stereocenters. The summed E-state index contributed by atoms with van der Waals surface area (Å²) in [5, 5.41) is 20.4. The summed E-state index contributed by atoms with van der Waals surface area (Å²) in [4.78, 5) is 32.7. The minimum absolute atomic E-state index is 0.0315. The molecular weight excluding hydrogens is 470 g/mol. The number of H-pyrrole nitrogens is 1. The lowest BCUT2D eigenvalue weighted by atomic mass is 10.1. The van der Waals surface area contributed by atoms with Crippen molar-refractivity contribution in [1.82, 2.24) is 9.88 Å². The van der Waals surface area contributed by atoms with Crippen molar-refractivity contribution >= 4 is 39.3 Å². The van der Waals surface area contributed by atoms with Crippen molar-refractivity contribution in [1.29, 1.82) is 5.26 Å². The first-order valence-corrected chi connectivity index (χ1v) is 12.5. The highest BCUT2D eigenvalue weighted by Crippen LogP contribution is 2.26. The largest absolute Gasteiger partial charge is 0.465 e. The van der Waals surface area contributed by atoms with Gasteiger partial charge < -0.3 is 19.4 Å².